The normalized spacial score (nSPS) is 14.1. The minimum Gasteiger partial charge on any atom is -0.412 e. The van der Waals surface area contributed by atoms with Crippen LogP contribution in [0.1, 0.15) is 0 Å². The maximum Gasteiger partial charge on any atom is 0.324 e. The molecule has 3 heteroatoms. The van der Waals surface area contributed by atoms with Gasteiger partial charge in [0.1, 0.15) is 12.8 Å². The highest BCUT2D eigenvalue weighted by molar-refractivity contribution is 5.65. The molecule has 0 radical (unpaired) electrons. The van der Waals surface area contributed by atoms with E-state index in [0.717, 1.165) is 11.4 Å². The van der Waals surface area contributed by atoms with Crippen molar-refractivity contribution in [3.63, 3.8) is 0 Å². The van der Waals surface area contributed by atoms with Crippen molar-refractivity contribution >= 4 is 12.1 Å². The van der Waals surface area contributed by atoms with Gasteiger partial charge in [0, 0.05) is 0 Å². The maximum atomic E-state index is 5.24. The fraction of sp³-hybridized carbons (Fsp3) is 0.125. The summed E-state index contributed by atoms with van der Waals surface area (Å²) in [7, 11) is 1.83. The molecule has 0 saturated carbocycles. The van der Waals surface area contributed by atoms with Crippen LogP contribution in [-0.2, 0) is 0 Å². The predicted octanol–water partition coefficient (Wildman–Crippen LogP) is 1.67. The van der Waals surface area contributed by atoms with Gasteiger partial charge >= 0.3 is 6.40 Å². The Balaban J connectivity index is 2.42. The number of benzene rings is 1. The highest BCUT2D eigenvalue weighted by Gasteiger charge is 2.01. The van der Waals surface area contributed by atoms with E-state index in [0.29, 0.717) is 0 Å². The molecular formula is C8H8N2O. The first-order chi connectivity index (χ1) is 5.36. The highest BCUT2D eigenvalue weighted by Crippen LogP contribution is 2.31. The lowest BCUT2D eigenvalue weighted by atomic mass is 10.3. The number of para-hydroxylation sites is 1. The molecule has 0 spiro atoms. The van der Waals surface area contributed by atoms with E-state index in [-0.39, 0.29) is 0 Å². The van der Waals surface area contributed by atoms with Crippen molar-refractivity contribution in [1.82, 2.24) is 0 Å². The van der Waals surface area contributed by atoms with E-state index in [2.05, 4.69) is 5.43 Å². The van der Waals surface area contributed by atoms with E-state index in [9.17, 15) is 0 Å². The van der Waals surface area contributed by atoms with Crippen LogP contribution in [0, 0.1) is 0 Å². The fourth-order valence-corrected chi connectivity index (χ4v) is 0.966. The van der Waals surface area contributed by atoms with E-state index in [1.807, 2.05) is 31.3 Å². The first-order valence-electron chi connectivity index (χ1n) is 3.40. The second-order valence-corrected chi connectivity index (χ2v) is 2.36. The molecule has 0 atom stereocenters. The van der Waals surface area contributed by atoms with Crippen LogP contribution in [0.4, 0.5) is 5.69 Å². The van der Waals surface area contributed by atoms with Crippen LogP contribution < -0.4 is 4.74 Å². The van der Waals surface area contributed by atoms with Gasteiger partial charge in [-0.25, -0.2) is 4.68 Å². The summed E-state index contributed by atoms with van der Waals surface area (Å²) in [6.07, 6.45) is 1.57. The average molecular weight is 148 g/mol. The summed E-state index contributed by atoms with van der Waals surface area (Å²) < 4.78 is 6.88. The fourth-order valence-electron chi connectivity index (χ4n) is 0.966. The standard InChI is InChI=1S/C8H8N2O/c1-10-6-11-8-5-3-2-4-7(8)9-10/h2-6H,1H3. The van der Waals surface area contributed by atoms with Gasteiger partial charge < -0.3 is 10.2 Å². The zero-order valence-corrected chi connectivity index (χ0v) is 6.19. The Morgan fingerprint density at radius 1 is 1.36 bits per heavy atom. The van der Waals surface area contributed by atoms with Crippen molar-refractivity contribution in [2.45, 2.75) is 0 Å². The summed E-state index contributed by atoms with van der Waals surface area (Å²) in [6, 6.07) is 7.67. The molecule has 0 N–H and O–H groups in total. The molecule has 2 rings (SSSR count). The highest BCUT2D eigenvalue weighted by atomic mass is 16.5. The van der Waals surface area contributed by atoms with Crippen molar-refractivity contribution < 1.29 is 9.42 Å². The predicted molar refractivity (Wildman–Crippen MR) is 42.3 cm³/mol. The summed E-state index contributed by atoms with van der Waals surface area (Å²) in [5.74, 6) is 0.811. The van der Waals surface area contributed by atoms with Crippen LogP contribution in [0.5, 0.6) is 5.75 Å². The second-order valence-electron chi connectivity index (χ2n) is 2.36. The van der Waals surface area contributed by atoms with Gasteiger partial charge in [-0.05, 0) is 11.8 Å². The molecule has 0 aromatic heterocycles. The van der Waals surface area contributed by atoms with E-state index in [1.165, 1.54) is 0 Å². The minimum atomic E-state index is 0.811. The van der Waals surface area contributed by atoms with Crippen LogP contribution in [0.3, 0.4) is 0 Å². The molecule has 11 heavy (non-hydrogen) atoms. The molecule has 0 unspecified atom stereocenters. The number of rotatable bonds is 0. The lowest BCUT2D eigenvalue weighted by Gasteiger charge is -2.21. The van der Waals surface area contributed by atoms with Crippen molar-refractivity contribution in [2.75, 3.05) is 7.05 Å². The van der Waals surface area contributed by atoms with E-state index < -0.39 is 0 Å². The van der Waals surface area contributed by atoms with E-state index >= 15 is 0 Å². The van der Waals surface area contributed by atoms with Crippen molar-refractivity contribution in [3.05, 3.63) is 29.7 Å². The van der Waals surface area contributed by atoms with Crippen LogP contribution in [0.25, 0.3) is 5.43 Å². The van der Waals surface area contributed by atoms with Gasteiger partial charge in [0.25, 0.3) is 0 Å². The number of nitrogens with zero attached hydrogens (tertiary/aromatic N) is 2. The molecule has 0 fully saturated rings. The monoisotopic (exact) mass is 148 g/mol. The SMILES string of the molecule is C[N+]1=COc2ccccc2[N-]1. The first-order valence-corrected chi connectivity index (χ1v) is 3.40. The molecule has 0 amide bonds. The topological polar surface area (TPSA) is 26.3 Å². The number of fused-ring (bicyclic) bond motifs is 1. The molecule has 0 saturated heterocycles. The van der Waals surface area contributed by atoms with Gasteiger partial charge in [-0.1, -0.05) is 18.2 Å². The van der Waals surface area contributed by atoms with E-state index in [4.69, 9.17) is 4.74 Å². The minimum absolute atomic E-state index is 0.811. The van der Waals surface area contributed by atoms with Crippen molar-refractivity contribution in [3.8, 4) is 5.75 Å². The summed E-state index contributed by atoms with van der Waals surface area (Å²) >= 11 is 0. The van der Waals surface area contributed by atoms with Crippen LogP contribution in [-0.4, -0.2) is 18.1 Å². The molecule has 56 valence electrons. The lowest BCUT2D eigenvalue weighted by molar-refractivity contribution is -0.442. The van der Waals surface area contributed by atoms with Crippen LogP contribution >= 0.6 is 0 Å². The molecule has 0 aliphatic carbocycles. The van der Waals surface area contributed by atoms with Crippen molar-refractivity contribution in [1.29, 1.82) is 0 Å². The molecule has 1 aliphatic heterocycles. The quantitative estimate of drug-likeness (QED) is 0.514. The largest absolute Gasteiger partial charge is 0.412 e. The molecule has 0 bridgehead atoms. The summed E-state index contributed by atoms with van der Waals surface area (Å²) in [4.78, 5) is 0. The Kier molecular flexibility index (Phi) is 1.28. The van der Waals surface area contributed by atoms with Gasteiger partial charge in [0.05, 0.1) is 0 Å². The van der Waals surface area contributed by atoms with Gasteiger partial charge in [-0.3, -0.25) is 0 Å². The lowest BCUT2D eigenvalue weighted by Crippen LogP contribution is -2.09. The molecule has 1 aliphatic rings. The third-order valence-corrected chi connectivity index (χ3v) is 1.46. The Hall–Kier alpha value is -1.51. The molecule has 1 aromatic rings. The summed E-state index contributed by atoms with van der Waals surface area (Å²) in [6.45, 7) is 0. The number of ether oxygens (including phenoxy) is 1. The maximum absolute atomic E-state index is 5.24. The van der Waals surface area contributed by atoms with Crippen molar-refractivity contribution in [2.24, 2.45) is 0 Å². The van der Waals surface area contributed by atoms with E-state index in [1.54, 1.807) is 11.1 Å². The second kappa shape index (κ2) is 2.27. The number of hydrogen-bond donors (Lipinski definition) is 0. The van der Waals surface area contributed by atoms with Gasteiger partial charge in [0.15, 0.2) is 0 Å². The first kappa shape index (κ1) is 6.22. The molecule has 1 heterocycles. The molecule has 1 aromatic carbocycles. The summed E-state index contributed by atoms with van der Waals surface area (Å²) in [5.41, 5.74) is 5.07. The zero-order chi connectivity index (χ0) is 7.68. The Morgan fingerprint density at radius 2 is 2.18 bits per heavy atom. The zero-order valence-electron chi connectivity index (χ0n) is 6.19. The number of hydrogen-bond acceptors (Lipinski definition) is 1. The average Bonchev–Trinajstić information content (AvgIpc) is 2.04. The van der Waals surface area contributed by atoms with Crippen LogP contribution in [0.2, 0.25) is 0 Å². The smallest absolute Gasteiger partial charge is 0.324 e. The third-order valence-electron chi connectivity index (χ3n) is 1.46. The molecule has 3 nitrogen and oxygen atoms in total. The van der Waals surface area contributed by atoms with Crippen LogP contribution in [0.15, 0.2) is 24.3 Å². The Labute approximate surface area is 64.9 Å². The van der Waals surface area contributed by atoms with Gasteiger partial charge in [-0.2, -0.15) is 0 Å². The summed E-state index contributed by atoms with van der Waals surface area (Å²) in [5, 5.41) is 0. The third kappa shape index (κ3) is 1.05. The molecular weight excluding hydrogens is 140 g/mol. The Bertz CT molecular complexity index is 307. The van der Waals surface area contributed by atoms with Gasteiger partial charge in [0.2, 0.25) is 0 Å². The Morgan fingerprint density at radius 3 is 3.09 bits per heavy atom. The van der Waals surface area contributed by atoms with Gasteiger partial charge in [-0.15, -0.1) is 0 Å².